The molecule has 1 aliphatic rings. The lowest BCUT2D eigenvalue weighted by Gasteiger charge is -2.46. The summed E-state index contributed by atoms with van der Waals surface area (Å²) in [7, 11) is 4.00. The average Bonchev–Trinajstić information content (AvgIpc) is 2.23. The van der Waals surface area contributed by atoms with E-state index in [4.69, 9.17) is 0 Å². The van der Waals surface area contributed by atoms with Gasteiger partial charge in [-0.3, -0.25) is 4.90 Å². The Morgan fingerprint density at radius 3 is 2.53 bits per heavy atom. The van der Waals surface area contributed by atoms with E-state index in [1.807, 2.05) is 21.0 Å². The highest BCUT2D eigenvalue weighted by Gasteiger charge is 2.37. The average molecular weight is 240 g/mol. The third-order valence-corrected chi connectivity index (χ3v) is 3.75. The zero-order valence-electron chi connectivity index (χ0n) is 10.5. The van der Waals surface area contributed by atoms with Crippen molar-refractivity contribution in [3.8, 4) is 0 Å². The number of hydrogen-bond acceptors (Lipinski definition) is 2. The van der Waals surface area contributed by atoms with E-state index >= 15 is 0 Å². The molecule has 1 fully saturated rings. The number of halogens is 2. The van der Waals surface area contributed by atoms with Gasteiger partial charge in [-0.05, 0) is 27.1 Å². The van der Waals surface area contributed by atoms with Crippen molar-refractivity contribution in [3.05, 3.63) is 35.4 Å². The number of hydrogen-bond donors (Lipinski definition) is 0. The second kappa shape index (κ2) is 4.35. The molecule has 1 saturated heterocycles. The summed E-state index contributed by atoms with van der Waals surface area (Å²) in [5.74, 6) is -0.990. The fourth-order valence-corrected chi connectivity index (χ4v) is 2.51. The van der Waals surface area contributed by atoms with Crippen molar-refractivity contribution in [3.63, 3.8) is 0 Å². The van der Waals surface area contributed by atoms with E-state index in [0.29, 0.717) is 5.56 Å². The summed E-state index contributed by atoms with van der Waals surface area (Å²) in [5, 5.41) is 0. The molecule has 1 aromatic carbocycles. The molecule has 0 saturated carbocycles. The van der Waals surface area contributed by atoms with Crippen molar-refractivity contribution in [1.29, 1.82) is 0 Å². The Kier molecular flexibility index (Phi) is 3.19. The quantitative estimate of drug-likeness (QED) is 0.741. The van der Waals surface area contributed by atoms with Crippen LogP contribution in [0, 0.1) is 11.6 Å². The van der Waals surface area contributed by atoms with Crippen LogP contribution in [-0.2, 0) is 5.54 Å². The van der Waals surface area contributed by atoms with Gasteiger partial charge in [-0.1, -0.05) is 6.07 Å². The predicted molar refractivity (Wildman–Crippen MR) is 63.8 cm³/mol. The molecule has 0 aliphatic carbocycles. The Balaban J connectivity index is 2.42. The maximum atomic E-state index is 13.9. The van der Waals surface area contributed by atoms with Gasteiger partial charge in [0, 0.05) is 31.3 Å². The van der Waals surface area contributed by atoms with Crippen LogP contribution in [0.4, 0.5) is 8.78 Å². The summed E-state index contributed by atoms with van der Waals surface area (Å²) < 4.78 is 26.8. The van der Waals surface area contributed by atoms with Gasteiger partial charge in [0.25, 0.3) is 0 Å². The molecule has 0 N–H and O–H groups in total. The van der Waals surface area contributed by atoms with Crippen molar-refractivity contribution in [2.45, 2.75) is 12.5 Å². The lowest BCUT2D eigenvalue weighted by molar-refractivity contribution is 0.0353. The fourth-order valence-electron chi connectivity index (χ4n) is 2.51. The molecular formula is C13H18F2N2. The van der Waals surface area contributed by atoms with Gasteiger partial charge >= 0.3 is 0 Å². The third kappa shape index (κ3) is 2.19. The van der Waals surface area contributed by atoms with Crippen molar-refractivity contribution < 1.29 is 8.78 Å². The van der Waals surface area contributed by atoms with Gasteiger partial charge in [-0.2, -0.15) is 0 Å². The Labute approximate surface area is 101 Å². The second-order valence-electron chi connectivity index (χ2n) is 5.06. The van der Waals surface area contributed by atoms with Crippen molar-refractivity contribution in [1.82, 2.24) is 9.80 Å². The smallest absolute Gasteiger partial charge is 0.131 e. The minimum Gasteiger partial charge on any atom is -0.303 e. The lowest BCUT2D eigenvalue weighted by atomic mass is 9.87. The molecule has 94 valence electrons. The first kappa shape index (κ1) is 12.5. The molecule has 0 aromatic heterocycles. The van der Waals surface area contributed by atoms with Crippen LogP contribution in [0.5, 0.6) is 0 Å². The van der Waals surface area contributed by atoms with Gasteiger partial charge in [-0.15, -0.1) is 0 Å². The molecule has 17 heavy (non-hydrogen) atoms. The van der Waals surface area contributed by atoms with Crippen LogP contribution in [0.3, 0.4) is 0 Å². The molecule has 0 spiro atoms. The molecule has 0 radical (unpaired) electrons. The molecule has 0 bridgehead atoms. The number of nitrogens with zero attached hydrogens (tertiary/aromatic N) is 2. The maximum absolute atomic E-state index is 13.9. The maximum Gasteiger partial charge on any atom is 0.131 e. The Morgan fingerprint density at radius 2 is 1.88 bits per heavy atom. The van der Waals surface area contributed by atoms with E-state index in [2.05, 4.69) is 9.80 Å². The highest BCUT2D eigenvalue weighted by molar-refractivity contribution is 5.27. The van der Waals surface area contributed by atoms with E-state index in [-0.39, 0.29) is 0 Å². The molecule has 2 rings (SSSR count). The van der Waals surface area contributed by atoms with Crippen LogP contribution >= 0.6 is 0 Å². The van der Waals surface area contributed by atoms with Gasteiger partial charge in [0.2, 0.25) is 0 Å². The topological polar surface area (TPSA) is 6.48 Å². The lowest BCUT2D eigenvalue weighted by Crippen LogP contribution is -2.56. The first-order valence-corrected chi connectivity index (χ1v) is 5.79. The Hall–Kier alpha value is -1.00. The molecular weight excluding hydrogens is 222 g/mol. The number of benzene rings is 1. The van der Waals surface area contributed by atoms with Gasteiger partial charge < -0.3 is 4.90 Å². The summed E-state index contributed by atoms with van der Waals surface area (Å²) in [6.45, 7) is 4.59. The molecule has 1 atom stereocenters. The second-order valence-corrected chi connectivity index (χ2v) is 5.06. The largest absolute Gasteiger partial charge is 0.303 e. The summed E-state index contributed by atoms with van der Waals surface area (Å²) in [5.41, 5.74) is 0.165. The fraction of sp³-hybridized carbons (Fsp3) is 0.538. The van der Waals surface area contributed by atoms with Gasteiger partial charge in [0.05, 0.1) is 5.54 Å². The Morgan fingerprint density at radius 1 is 1.18 bits per heavy atom. The standard InChI is InChI=1S/C13H18F2N2/c1-13(9-16(2)6-7-17(13)3)11-5-4-10(14)8-12(11)15/h4-5,8H,6-7,9H2,1-3H3. The van der Waals surface area contributed by atoms with Gasteiger partial charge in [0.1, 0.15) is 11.6 Å². The van der Waals surface area contributed by atoms with Crippen LogP contribution in [0.2, 0.25) is 0 Å². The van der Waals surface area contributed by atoms with Crippen LogP contribution < -0.4 is 0 Å². The normalized spacial score (nSPS) is 27.4. The Bertz CT molecular complexity index is 422. The molecule has 1 unspecified atom stereocenters. The minimum atomic E-state index is -0.526. The highest BCUT2D eigenvalue weighted by atomic mass is 19.1. The van der Waals surface area contributed by atoms with E-state index in [0.717, 1.165) is 25.7 Å². The van der Waals surface area contributed by atoms with Crippen molar-refractivity contribution in [2.24, 2.45) is 0 Å². The first-order valence-electron chi connectivity index (χ1n) is 5.79. The molecule has 1 aliphatic heterocycles. The van der Waals surface area contributed by atoms with Crippen LogP contribution in [0.1, 0.15) is 12.5 Å². The zero-order valence-corrected chi connectivity index (χ0v) is 10.5. The monoisotopic (exact) mass is 240 g/mol. The molecule has 1 aromatic rings. The summed E-state index contributed by atoms with van der Waals surface area (Å²) in [6.07, 6.45) is 0. The number of likely N-dealkylation sites (N-methyl/N-ethyl adjacent to an activating group) is 2. The van der Waals surface area contributed by atoms with Gasteiger partial charge in [0.15, 0.2) is 0 Å². The predicted octanol–water partition coefficient (Wildman–Crippen LogP) is 2.06. The molecule has 0 amide bonds. The minimum absolute atomic E-state index is 0.398. The summed E-state index contributed by atoms with van der Waals surface area (Å²) >= 11 is 0. The zero-order chi connectivity index (χ0) is 12.6. The highest BCUT2D eigenvalue weighted by Crippen LogP contribution is 2.32. The van der Waals surface area contributed by atoms with Crippen LogP contribution in [-0.4, -0.2) is 43.5 Å². The molecule has 4 heteroatoms. The summed E-state index contributed by atoms with van der Waals surface area (Å²) in [4.78, 5) is 4.30. The van der Waals surface area contributed by atoms with E-state index in [1.54, 1.807) is 6.07 Å². The molecule has 1 heterocycles. The third-order valence-electron chi connectivity index (χ3n) is 3.75. The van der Waals surface area contributed by atoms with Crippen molar-refractivity contribution in [2.75, 3.05) is 33.7 Å². The summed E-state index contributed by atoms with van der Waals surface area (Å²) in [6, 6.07) is 3.84. The van der Waals surface area contributed by atoms with E-state index < -0.39 is 17.2 Å². The number of piperazine rings is 1. The van der Waals surface area contributed by atoms with Gasteiger partial charge in [-0.25, -0.2) is 8.78 Å². The van der Waals surface area contributed by atoms with Crippen molar-refractivity contribution >= 4 is 0 Å². The van der Waals surface area contributed by atoms with Crippen LogP contribution in [0.25, 0.3) is 0 Å². The van der Waals surface area contributed by atoms with Crippen LogP contribution in [0.15, 0.2) is 18.2 Å². The number of rotatable bonds is 1. The first-order chi connectivity index (χ1) is 7.93. The SMILES string of the molecule is CN1CCN(C)C(C)(c2ccc(F)cc2F)C1. The molecule has 2 nitrogen and oxygen atoms in total. The van der Waals surface area contributed by atoms with E-state index in [1.165, 1.54) is 6.07 Å². The van der Waals surface area contributed by atoms with E-state index in [9.17, 15) is 8.78 Å².